The third kappa shape index (κ3) is 6.70. The minimum Gasteiger partial charge on any atom is -0.462 e. The first-order chi connectivity index (χ1) is 19.9. The molecule has 1 aromatic carbocycles. The highest BCUT2D eigenvalue weighted by Gasteiger charge is 2.32. The Kier molecular flexibility index (Phi) is 9.51. The Labute approximate surface area is 248 Å². The molecule has 4 heterocycles. The Balaban J connectivity index is 1.44. The first-order valence-electron chi connectivity index (χ1n) is 14.9. The van der Waals surface area contributed by atoms with Crippen LogP contribution in [-0.4, -0.2) is 82.8 Å². The third-order valence-electron chi connectivity index (χ3n) is 8.75. The van der Waals surface area contributed by atoms with Gasteiger partial charge in [0.1, 0.15) is 12.4 Å². The molecule has 0 N–H and O–H groups in total. The molecule has 5 rings (SSSR count). The highest BCUT2D eigenvalue weighted by Crippen LogP contribution is 2.35. The predicted molar refractivity (Wildman–Crippen MR) is 164 cm³/mol. The summed E-state index contributed by atoms with van der Waals surface area (Å²) in [6, 6.07) is 9.69. The smallest absolute Gasteiger partial charge is 0.318 e. The number of hydrogen-bond acceptors (Lipinski definition) is 8. The number of benzene rings is 1. The van der Waals surface area contributed by atoms with Gasteiger partial charge >= 0.3 is 6.01 Å². The maximum absolute atomic E-state index is 12.5. The topological polar surface area (TPSA) is 85.6 Å². The van der Waals surface area contributed by atoms with Gasteiger partial charge < -0.3 is 19.4 Å². The van der Waals surface area contributed by atoms with Crippen LogP contribution in [0.3, 0.4) is 0 Å². The van der Waals surface area contributed by atoms with Gasteiger partial charge in [0, 0.05) is 48.7 Å². The number of likely N-dealkylation sites (N-methyl/N-ethyl adjacent to an activating group) is 1. The number of nitrogens with zero attached hydrogens (tertiary/aromatic N) is 6. The molecule has 2 aromatic rings. The van der Waals surface area contributed by atoms with E-state index in [-0.39, 0.29) is 18.4 Å². The number of aromatic nitrogens is 2. The fourth-order valence-electron chi connectivity index (χ4n) is 6.39. The van der Waals surface area contributed by atoms with Gasteiger partial charge in [-0.2, -0.15) is 27.0 Å². The van der Waals surface area contributed by atoms with E-state index < -0.39 is 0 Å². The number of aryl methyl sites for hydroxylation is 1. The number of carbonyl (C=O) groups is 1. The van der Waals surface area contributed by atoms with Crippen LogP contribution in [-0.2, 0) is 29.8 Å². The van der Waals surface area contributed by atoms with Crippen LogP contribution in [0.25, 0.3) is 0 Å². The lowest BCUT2D eigenvalue weighted by Gasteiger charge is -2.41. The lowest BCUT2D eigenvalue weighted by atomic mass is 9.97. The quantitative estimate of drug-likeness (QED) is 0.409. The van der Waals surface area contributed by atoms with Crippen molar-refractivity contribution in [1.29, 1.82) is 5.26 Å². The molecule has 2 saturated heterocycles. The van der Waals surface area contributed by atoms with E-state index in [0.717, 1.165) is 55.1 Å². The molecule has 218 valence electrons. The summed E-state index contributed by atoms with van der Waals surface area (Å²) in [7, 11) is 2.15. The first-order valence-corrected chi connectivity index (χ1v) is 15.9. The molecule has 0 spiro atoms. The highest BCUT2D eigenvalue weighted by atomic mass is 32.2. The van der Waals surface area contributed by atoms with E-state index in [0.29, 0.717) is 43.5 Å². The molecular weight excluding hydrogens is 532 g/mol. The molecule has 3 atom stereocenters. The number of amides is 1. The molecule has 2 fully saturated rings. The Morgan fingerprint density at radius 3 is 2.83 bits per heavy atom. The third-order valence-corrected chi connectivity index (χ3v) is 10.0. The van der Waals surface area contributed by atoms with Gasteiger partial charge in [0.05, 0.1) is 24.2 Å². The lowest BCUT2D eigenvalue weighted by Crippen LogP contribution is -2.55. The van der Waals surface area contributed by atoms with Gasteiger partial charge in [0.2, 0.25) is 5.91 Å². The molecular formula is C32H42N6O2S. The molecule has 0 aliphatic carbocycles. The van der Waals surface area contributed by atoms with Crippen LogP contribution >= 0.6 is 11.8 Å². The number of anilines is 1. The number of nitriles is 1. The zero-order valence-corrected chi connectivity index (χ0v) is 25.5. The Hall–Kier alpha value is -3.09. The number of piperazine rings is 1. The molecule has 9 heteroatoms. The van der Waals surface area contributed by atoms with Crippen LogP contribution < -0.4 is 9.64 Å². The summed E-state index contributed by atoms with van der Waals surface area (Å²) in [6.07, 6.45) is 6.60. The predicted octanol–water partition coefficient (Wildman–Crippen LogP) is 4.34. The van der Waals surface area contributed by atoms with E-state index in [2.05, 4.69) is 61.5 Å². The summed E-state index contributed by atoms with van der Waals surface area (Å²) in [5.41, 5.74) is 6.41. The molecule has 3 aliphatic heterocycles. The molecule has 8 nitrogen and oxygen atoms in total. The van der Waals surface area contributed by atoms with Gasteiger partial charge in [-0.15, -0.1) is 0 Å². The second-order valence-corrected chi connectivity index (χ2v) is 12.8. The van der Waals surface area contributed by atoms with Crippen LogP contribution in [0.5, 0.6) is 6.01 Å². The van der Waals surface area contributed by atoms with Crippen molar-refractivity contribution in [3.05, 3.63) is 58.8 Å². The van der Waals surface area contributed by atoms with E-state index in [9.17, 15) is 10.1 Å². The maximum Gasteiger partial charge on any atom is 0.318 e. The van der Waals surface area contributed by atoms with Crippen LogP contribution in [0.1, 0.15) is 54.1 Å². The second kappa shape index (κ2) is 13.3. The largest absolute Gasteiger partial charge is 0.462 e. The van der Waals surface area contributed by atoms with E-state index in [1.165, 1.54) is 29.2 Å². The number of rotatable bonds is 9. The standard InChI is InChI=1S/C32H42N6O2S/c1-5-28-29(18-27-17-23-10-9-22(3)16-24(23)21-41-27)34-32(40-20-26-8-7-13-36(26)4)35-31(28)37-14-15-38(30(39)6-2)25(19-37)11-12-33/h6,9-10,16,25-27H,2,5,7-8,11,13-15,17-21H2,1,3-4H3/t25?,26?,27-/m1/s1. The average Bonchev–Trinajstić information content (AvgIpc) is 3.40. The lowest BCUT2D eigenvalue weighted by molar-refractivity contribution is -0.128. The second-order valence-electron chi connectivity index (χ2n) is 11.5. The molecule has 41 heavy (non-hydrogen) atoms. The van der Waals surface area contributed by atoms with E-state index in [1.807, 2.05) is 11.8 Å². The fourth-order valence-corrected chi connectivity index (χ4v) is 7.65. The number of hydrogen-bond donors (Lipinski definition) is 0. The van der Waals surface area contributed by atoms with E-state index in [1.54, 1.807) is 4.90 Å². The van der Waals surface area contributed by atoms with Gasteiger partial charge in [-0.1, -0.05) is 37.3 Å². The Morgan fingerprint density at radius 2 is 2.10 bits per heavy atom. The van der Waals surface area contributed by atoms with Crippen LogP contribution in [0.2, 0.25) is 0 Å². The zero-order valence-electron chi connectivity index (χ0n) is 24.6. The maximum atomic E-state index is 12.5. The van der Waals surface area contributed by atoms with Crippen molar-refractivity contribution in [3.63, 3.8) is 0 Å². The SMILES string of the molecule is C=CC(=O)N1CCN(c2nc(OCC3CCCN3C)nc(C[C@H]3Cc4ccc(C)cc4CS3)c2CC)CC1CC#N. The molecule has 1 aromatic heterocycles. The van der Waals surface area contributed by atoms with Crippen LogP contribution in [0.15, 0.2) is 30.9 Å². The molecule has 0 radical (unpaired) electrons. The minimum absolute atomic E-state index is 0.126. The normalized spacial score (nSPS) is 22.7. The summed E-state index contributed by atoms with van der Waals surface area (Å²) >= 11 is 2.01. The van der Waals surface area contributed by atoms with Gasteiger partial charge in [0.15, 0.2) is 0 Å². The van der Waals surface area contributed by atoms with Crippen LogP contribution in [0.4, 0.5) is 5.82 Å². The van der Waals surface area contributed by atoms with Crippen molar-refractivity contribution in [2.45, 2.75) is 75.5 Å². The molecule has 2 unspecified atom stereocenters. The number of fused-ring (bicyclic) bond motifs is 1. The van der Waals surface area contributed by atoms with Crippen molar-refractivity contribution >= 4 is 23.5 Å². The summed E-state index contributed by atoms with van der Waals surface area (Å²) in [4.78, 5) is 28.9. The van der Waals surface area contributed by atoms with Crippen LogP contribution in [0, 0.1) is 18.3 Å². The van der Waals surface area contributed by atoms with Gasteiger partial charge in [0.25, 0.3) is 0 Å². The zero-order chi connectivity index (χ0) is 28.9. The number of ether oxygens (including phenoxy) is 1. The number of thioether (sulfide) groups is 1. The van der Waals surface area contributed by atoms with Gasteiger partial charge in [-0.25, -0.2) is 0 Å². The first kappa shape index (κ1) is 29.4. The summed E-state index contributed by atoms with van der Waals surface area (Å²) < 4.78 is 6.31. The van der Waals surface area contributed by atoms with Crippen molar-refractivity contribution in [1.82, 2.24) is 19.8 Å². The van der Waals surface area contributed by atoms with Crippen molar-refractivity contribution in [3.8, 4) is 12.1 Å². The summed E-state index contributed by atoms with van der Waals surface area (Å²) in [6.45, 7) is 11.4. The average molecular weight is 575 g/mol. The molecule has 1 amide bonds. The summed E-state index contributed by atoms with van der Waals surface area (Å²) in [5.74, 6) is 1.78. The summed E-state index contributed by atoms with van der Waals surface area (Å²) in [5, 5.41) is 9.95. The monoisotopic (exact) mass is 574 g/mol. The molecule has 0 bridgehead atoms. The van der Waals surface area contributed by atoms with Crippen molar-refractivity contribution in [2.75, 3.05) is 44.7 Å². The van der Waals surface area contributed by atoms with Crippen molar-refractivity contribution < 1.29 is 9.53 Å². The molecule has 3 aliphatic rings. The Bertz CT molecular complexity index is 1310. The highest BCUT2D eigenvalue weighted by molar-refractivity contribution is 7.99. The number of carbonyl (C=O) groups excluding carboxylic acids is 1. The van der Waals surface area contributed by atoms with Gasteiger partial charge in [-0.05, 0) is 63.4 Å². The molecule has 0 saturated carbocycles. The Morgan fingerprint density at radius 1 is 1.24 bits per heavy atom. The van der Waals surface area contributed by atoms with Gasteiger partial charge in [-0.3, -0.25) is 4.79 Å². The van der Waals surface area contributed by atoms with E-state index >= 15 is 0 Å². The van der Waals surface area contributed by atoms with E-state index in [4.69, 9.17) is 14.7 Å². The van der Waals surface area contributed by atoms with Crippen molar-refractivity contribution in [2.24, 2.45) is 0 Å². The fraction of sp³-hybridized carbons (Fsp3) is 0.562. The minimum atomic E-state index is -0.215. The number of likely N-dealkylation sites (tertiary alicyclic amines) is 1.